The van der Waals surface area contributed by atoms with Gasteiger partial charge in [-0.15, -0.1) is 0 Å². The van der Waals surface area contributed by atoms with Crippen molar-refractivity contribution in [1.82, 2.24) is 0 Å². The van der Waals surface area contributed by atoms with Crippen molar-refractivity contribution in [2.75, 3.05) is 4.90 Å². The minimum atomic E-state index is -0.660. The molecule has 1 aliphatic heterocycles. The Morgan fingerprint density at radius 1 is 0.277 bits per heavy atom. The third-order valence-electron chi connectivity index (χ3n) is 13.7. The molecule has 0 radical (unpaired) electrons. The number of anilines is 3. The summed E-state index contributed by atoms with van der Waals surface area (Å²) >= 11 is 0. The molecule has 13 rings (SSSR count). The van der Waals surface area contributed by atoms with Crippen molar-refractivity contribution in [3.05, 3.63) is 271 Å². The van der Waals surface area contributed by atoms with E-state index in [4.69, 9.17) is 4.74 Å². The van der Waals surface area contributed by atoms with E-state index >= 15 is 0 Å². The predicted molar refractivity (Wildman–Crippen MR) is 270 cm³/mol. The van der Waals surface area contributed by atoms with E-state index in [2.05, 4.69) is 254 Å². The molecule has 11 aromatic carbocycles. The second kappa shape index (κ2) is 14.8. The summed E-state index contributed by atoms with van der Waals surface area (Å²) < 4.78 is 7.26. The maximum atomic E-state index is 7.26. The van der Waals surface area contributed by atoms with Crippen LogP contribution in [0.1, 0.15) is 22.3 Å². The zero-order chi connectivity index (χ0) is 42.9. The first-order valence-corrected chi connectivity index (χ1v) is 22.4. The fraction of sp³-hybridized carbons (Fsp3) is 0.0159. The first kappa shape index (κ1) is 37.1. The van der Waals surface area contributed by atoms with Crippen molar-refractivity contribution >= 4 is 38.6 Å². The molecule has 65 heavy (non-hydrogen) atoms. The van der Waals surface area contributed by atoms with E-state index in [-0.39, 0.29) is 0 Å². The van der Waals surface area contributed by atoms with Crippen LogP contribution in [0.4, 0.5) is 17.1 Å². The van der Waals surface area contributed by atoms with Crippen molar-refractivity contribution in [2.45, 2.75) is 5.41 Å². The van der Waals surface area contributed by atoms with E-state index < -0.39 is 5.41 Å². The molecule has 11 aromatic rings. The van der Waals surface area contributed by atoms with E-state index in [1.807, 2.05) is 0 Å². The highest BCUT2D eigenvalue weighted by atomic mass is 16.5. The Bertz CT molecular complexity index is 3530. The first-order chi connectivity index (χ1) is 32.2. The van der Waals surface area contributed by atoms with Crippen molar-refractivity contribution in [2.24, 2.45) is 0 Å². The summed E-state index contributed by atoms with van der Waals surface area (Å²) in [5.74, 6) is 1.83. The van der Waals surface area contributed by atoms with Gasteiger partial charge in [-0.25, -0.2) is 0 Å². The number of rotatable bonds is 6. The van der Waals surface area contributed by atoms with Crippen LogP contribution in [-0.2, 0) is 5.41 Å². The molecule has 0 saturated carbocycles. The largest absolute Gasteiger partial charge is 0.455 e. The molecule has 0 bridgehead atoms. The standard InChI is InChI=1S/C63H41NO/c1-3-15-42(16-4-1)43-27-33-48(34-28-43)64(49-35-29-47(30-36-49)52-22-12-11-21-51(52)44-17-5-2-6-18-44)50-37-38-56-55-25-13-14-26-57(55)63(60(56)41-50)58-39-31-45-19-7-9-23-53(45)61(58)65-62-54-24-10-8-20-46(54)32-40-59(62)63/h1-41H. The van der Waals surface area contributed by atoms with E-state index in [0.717, 1.165) is 61.2 Å². The highest BCUT2D eigenvalue weighted by Gasteiger charge is 2.52. The van der Waals surface area contributed by atoms with Gasteiger partial charge in [0.2, 0.25) is 0 Å². The minimum Gasteiger partial charge on any atom is -0.455 e. The summed E-state index contributed by atoms with van der Waals surface area (Å²) in [6.45, 7) is 0. The van der Waals surface area contributed by atoms with Gasteiger partial charge < -0.3 is 9.64 Å². The molecule has 0 fully saturated rings. The van der Waals surface area contributed by atoms with E-state index in [0.29, 0.717) is 0 Å². The molecule has 1 heterocycles. The van der Waals surface area contributed by atoms with Crippen LogP contribution in [0.5, 0.6) is 11.5 Å². The van der Waals surface area contributed by atoms with Crippen molar-refractivity contribution in [3.8, 4) is 56.0 Å². The quantitative estimate of drug-likeness (QED) is 0.166. The molecule has 0 N–H and O–H groups in total. The summed E-state index contributed by atoms with van der Waals surface area (Å²) in [7, 11) is 0. The Hall–Kier alpha value is -8.46. The average Bonchev–Trinajstić information content (AvgIpc) is 3.67. The fourth-order valence-electron chi connectivity index (χ4n) is 10.8. The molecule has 1 aliphatic carbocycles. The summed E-state index contributed by atoms with van der Waals surface area (Å²) in [5.41, 5.74) is 17.1. The van der Waals surface area contributed by atoms with Crippen LogP contribution in [0.25, 0.3) is 66.1 Å². The Labute approximate surface area is 378 Å². The zero-order valence-electron chi connectivity index (χ0n) is 35.5. The maximum Gasteiger partial charge on any atom is 0.140 e. The van der Waals surface area contributed by atoms with Crippen molar-refractivity contribution in [1.29, 1.82) is 0 Å². The smallest absolute Gasteiger partial charge is 0.140 e. The summed E-state index contributed by atoms with van der Waals surface area (Å²) in [5, 5.41) is 4.54. The second-order valence-corrected chi connectivity index (χ2v) is 17.2. The van der Waals surface area contributed by atoms with E-state index in [1.165, 1.54) is 55.6 Å². The lowest BCUT2D eigenvalue weighted by molar-refractivity contribution is 0.447. The van der Waals surface area contributed by atoms with Gasteiger partial charge in [-0.3, -0.25) is 0 Å². The van der Waals surface area contributed by atoms with Gasteiger partial charge in [0.25, 0.3) is 0 Å². The van der Waals surface area contributed by atoms with Crippen LogP contribution in [0, 0.1) is 0 Å². The van der Waals surface area contributed by atoms with Gasteiger partial charge in [0.05, 0.1) is 5.41 Å². The van der Waals surface area contributed by atoms with Gasteiger partial charge in [-0.1, -0.05) is 212 Å². The van der Waals surface area contributed by atoms with Gasteiger partial charge in [-0.2, -0.15) is 0 Å². The van der Waals surface area contributed by atoms with Crippen LogP contribution < -0.4 is 9.64 Å². The predicted octanol–water partition coefficient (Wildman–Crippen LogP) is 16.9. The summed E-state index contributed by atoms with van der Waals surface area (Å²) in [4.78, 5) is 2.42. The van der Waals surface area contributed by atoms with Gasteiger partial charge in [0, 0.05) is 39.0 Å². The molecule has 2 nitrogen and oxygen atoms in total. The number of ether oxygens (including phenoxy) is 1. The molecule has 0 saturated heterocycles. The van der Waals surface area contributed by atoms with Crippen LogP contribution in [0.3, 0.4) is 0 Å². The minimum absolute atomic E-state index is 0.660. The molecule has 0 amide bonds. The molecule has 0 atom stereocenters. The van der Waals surface area contributed by atoms with E-state index in [9.17, 15) is 0 Å². The molecule has 304 valence electrons. The SMILES string of the molecule is c1ccc(-c2ccc(N(c3ccc(-c4ccccc4-c4ccccc4)cc3)c3ccc4c(c3)C3(c5ccccc5-4)c4ccc5ccccc5c4Oc4c3ccc3ccccc43)cc2)cc1. The Kier molecular flexibility index (Phi) is 8.47. The third kappa shape index (κ3) is 5.74. The molecular weight excluding hydrogens is 787 g/mol. The van der Waals surface area contributed by atoms with Gasteiger partial charge in [0.15, 0.2) is 0 Å². The molecule has 1 spiro atoms. The van der Waals surface area contributed by atoms with Gasteiger partial charge >= 0.3 is 0 Å². The number of benzene rings is 11. The number of hydrogen-bond acceptors (Lipinski definition) is 2. The Morgan fingerprint density at radius 3 is 1.31 bits per heavy atom. The third-order valence-corrected chi connectivity index (χ3v) is 13.7. The molecule has 2 heteroatoms. The normalized spacial score (nSPS) is 12.9. The van der Waals surface area contributed by atoms with Gasteiger partial charge in [-0.05, 0) is 103 Å². The second-order valence-electron chi connectivity index (χ2n) is 17.2. The first-order valence-electron chi connectivity index (χ1n) is 22.4. The number of fused-ring (bicyclic) bond motifs is 13. The van der Waals surface area contributed by atoms with Crippen LogP contribution >= 0.6 is 0 Å². The fourth-order valence-corrected chi connectivity index (χ4v) is 10.8. The zero-order valence-corrected chi connectivity index (χ0v) is 35.5. The van der Waals surface area contributed by atoms with Crippen molar-refractivity contribution in [3.63, 3.8) is 0 Å². The summed E-state index contributed by atoms with van der Waals surface area (Å²) in [6.07, 6.45) is 0. The lowest BCUT2D eigenvalue weighted by Gasteiger charge is -2.40. The lowest BCUT2D eigenvalue weighted by Crippen LogP contribution is -2.32. The molecule has 0 aromatic heterocycles. The maximum absolute atomic E-state index is 7.26. The number of hydrogen-bond donors (Lipinski definition) is 0. The summed E-state index contributed by atoms with van der Waals surface area (Å²) in [6, 6.07) is 90.7. The molecule has 2 aliphatic rings. The monoisotopic (exact) mass is 827 g/mol. The Balaban J connectivity index is 1.04. The van der Waals surface area contributed by atoms with Gasteiger partial charge in [0.1, 0.15) is 11.5 Å². The number of nitrogens with zero attached hydrogens (tertiary/aromatic N) is 1. The average molecular weight is 828 g/mol. The highest BCUT2D eigenvalue weighted by Crippen LogP contribution is 2.64. The topological polar surface area (TPSA) is 12.5 Å². The van der Waals surface area contributed by atoms with Crippen LogP contribution in [0.2, 0.25) is 0 Å². The van der Waals surface area contributed by atoms with Crippen LogP contribution in [-0.4, -0.2) is 0 Å². The Morgan fingerprint density at radius 2 is 0.708 bits per heavy atom. The molecular formula is C63H41NO. The van der Waals surface area contributed by atoms with Crippen molar-refractivity contribution < 1.29 is 4.74 Å². The van der Waals surface area contributed by atoms with Crippen LogP contribution in [0.15, 0.2) is 249 Å². The van der Waals surface area contributed by atoms with E-state index in [1.54, 1.807) is 0 Å². The highest BCUT2D eigenvalue weighted by molar-refractivity contribution is 6.00. The lowest BCUT2D eigenvalue weighted by atomic mass is 9.65. The molecule has 0 unspecified atom stereocenters.